The Labute approximate surface area is 123 Å². The van der Waals surface area contributed by atoms with E-state index in [0.29, 0.717) is 24.2 Å². The van der Waals surface area contributed by atoms with Crippen molar-refractivity contribution in [1.82, 2.24) is 10.2 Å². The number of hydrogen-bond donors (Lipinski definition) is 1. The largest absolute Gasteiger partial charge is 0.465 e. The standard InChI is InChI=1S/C15H18N2O4/c1-15(2)14(20)16-8-9-17(15)12(18)10-4-6-11(7-5-10)13(19)21-3/h4-7H,8-9H2,1-3H3,(H,16,20). The number of ether oxygens (including phenoxy) is 1. The van der Waals surface area contributed by atoms with Crippen molar-refractivity contribution >= 4 is 17.8 Å². The summed E-state index contributed by atoms with van der Waals surface area (Å²) in [6.07, 6.45) is 0. The van der Waals surface area contributed by atoms with Crippen LogP contribution in [-0.2, 0) is 9.53 Å². The van der Waals surface area contributed by atoms with E-state index in [0.717, 1.165) is 0 Å². The maximum atomic E-state index is 12.5. The molecule has 2 amide bonds. The number of methoxy groups -OCH3 is 1. The molecule has 6 nitrogen and oxygen atoms in total. The summed E-state index contributed by atoms with van der Waals surface area (Å²) in [5.41, 5.74) is -0.0776. The highest BCUT2D eigenvalue weighted by atomic mass is 16.5. The Morgan fingerprint density at radius 1 is 1.19 bits per heavy atom. The van der Waals surface area contributed by atoms with Crippen molar-refractivity contribution < 1.29 is 19.1 Å². The number of rotatable bonds is 2. The van der Waals surface area contributed by atoms with E-state index in [1.54, 1.807) is 30.9 Å². The molecule has 0 radical (unpaired) electrons. The Kier molecular flexibility index (Phi) is 3.97. The van der Waals surface area contributed by atoms with Crippen molar-refractivity contribution in [2.45, 2.75) is 19.4 Å². The molecule has 1 fully saturated rings. The van der Waals surface area contributed by atoms with Crippen molar-refractivity contribution in [3.63, 3.8) is 0 Å². The predicted octanol–water partition coefficient (Wildman–Crippen LogP) is 0.824. The first-order valence-corrected chi connectivity index (χ1v) is 6.66. The second-order valence-electron chi connectivity index (χ2n) is 5.34. The third-order valence-corrected chi connectivity index (χ3v) is 3.65. The zero-order valence-corrected chi connectivity index (χ0v) is 12.3. The zero-order chi connectivity index (χ0) is 15.6. The van der Waals surface area contributed by atoms with Crippen LogP contribution in [0.2, 0.25) is 0 Å². The average molecular weight is 290 g/mol. The van der Waals surface area contributed by atoms with Gasteiger partial charge in [0.25, 0.3) is 5.91 Å². The highest BCUT2D eigenvalue weighted by Gasteiger charge is 2.40. The van der Waals surface area contributed by atoms with Gasteiger partial charge in [-0.05, 0) is 38.1 Å². The van der Waals surface area contributed by atoms with Gasteiger partial charge in [0.1, 0.15) is 5.54 Å². The SMILES string of the molecule is COC(=O)c1ccc(C(=O)N2CCNC(=O)C2(C)C)cc1. The van der Waals surface area contributed by atoms with Gasteiger partial charge in [0.2, 0.25) is 5.91 Å². The Balaban J connectivity index is 2.23. The predicted molar refractivity (Wildman–Crippen MR) is 75.9 cm³/mol. The van der Waals surface area contributed by atoms with E-state index < -0.39 is 11.5 Å². The topological polar surface area (TPSA) is 75.7 Å². The second kappa shape index (κ2) is 5.55. The van der Waals surface area contributed by atoms with E-state index in [2.05, 4.69) is 10.1 Å². The monoisotopic (exact) mass is 290 g/mol. The smallest absolute Gasteiger partial charge is 0.337 e. The number of carbonyl (C=O) groups excluding carboxylic acids is 3. The van der Waals surface area contributed by atoms with Crippen LogP contribution in [0.25, 0.3) is 0 Å². The molecule has 112 valence electrons. The molecule has 0 atom stereocenters. The maximum Gasteiger partial charge on any atom is 0.337 e. The summed E-state index contributed by atoms with van der Waals surface area (Å²) in [5.74, 6) is -0.855. The molecule has 0 unspecified atom stereocenters. The van der Waals surface area contributed by atoms with E-state index in [1.807, 2.05) is 0 Å². The summed E-state index contributed by atoms with van der Waals surface area (Å²) in [6, 6.07) is 6.21. The lowest BCUT2D eigenvalue weighted by Gasteiger charge is -2.41. The Bertz CT molecular complexity index is 578. The summed E-state index contributed by atoms with van der Waals surface area (Å²) < 4.78 is 4.61. The van der Waals surface area contributed by atoms with E-state index in [1.165, 1.54) is 19.2 Å². The van der Waals surface area contributed by atoms with E-state index >= 15 is 0 Å². The summed E-state index contributed by atoms with van der Waals surface area (Å²) >= 11 is 0. The molecule has 2 rings (SSSR count). The molecule has 1 saturated heterocycles. The van der Waals surface area contributed by atoms with Crippen LogP contribution in [0.3, 0.4) is 0 Å². The molecule has 21 heavy (non-hydrogen) atoms. The van der Waals surface area contributed by atoms with Crippen molar-refractivity contribution in [3.8, 4) is 0 Å². The van der Waals surface area contributed by atoms with Gasteiger partial charge in [0, 0.05) is 18.7 Å². The third kappa shape index (κ3) is 2.74. The van der Waals surface area contributed by atoms with E-state index in [-0.39, 0.29) is 11.8 Å². The van der Waals surface area contributed by atoms with E-state index in [4.69, 9.17) is 0 Å². The highest BCUT2D eigenvalue weighted by molar-refractivity contribution is 6.00. The van der Waals surface area contributed by atoms with Crippen molar-refractivity contribution in [2.75, 3.05) is 20.2 Å². The molecular formula is C15H18N2O4. The summed E-state index contributed by atoms with van der Waals surface area (Å²) in [5, 5.41) is 2.75. The molecule has 1 aromatic rings. The molecule has 6 heteroatoms. The number of benzene rings is 1. The normalized spacial score (nSPS) is 17.1. The van der Waals surface area contributed by atoms with Crippen LogP contribution in [-0.4, -0.2) is 48.4 Å². The third-order valence-electron chi connectivity index (χ3n) is 3.65. The fourth-order valence-corrected chi connectivity index (χ4v) is 2.28. The lowest BCUT2D eigenvalue weighted by molar-refractivity contribution is -0.133. The lowest BCUT2D eigenvalue weighted by atomic mass is 9.97. The molecule has 1 aliphatic heterocycles. The summed E-state index contributed by atoms with van der Waals surface area (Å²) in [4.78, 5) is 37.3. The quantitative estimate of drug-likeness (QED) is 0.818. The van der Waals surface area contributed by atoms with Gasteiger partial charge < -0.3 is 15.0 Å². The van der Waals surface area contributed by atoms with Crippen molar-refractivity contribution in [2.24, 2.45) is 0 Å². The number of carbonyl (C=O) groups is 3. The molecule has 1 aliphatic rings. The number of amides is 2. The van der Waals surface area contributed by atoms with Crippen LogP contribution < -0.4 is 5.32 Å². The van der Waals surface area contributed by atoms with Gasteiger partial charge in [-0.25, -0.2) is 4.79 Å². The second-order valence-corrected chi connectivity index (χ2v) is 5.34. The number of nitrogens with one attached hydrogen (secondary N) is 1. The number of hydrogen-bond acceptors (Lipinski definition) is 4. The Morgan fingerprint density at radius 2 is 1.76 bits per heavy atom. The van der Waals surface area contributed by atoms with Crippen LogP contribution >= 0.6 is 0 Å². The van der Waals surface area contributed by atoms with Crippen LogP contribution in [0.1, 0.15) is 34.6 Å². The average Bonchev–Trinajstić information content (AvgIpc) is 2.48. The molecule has 0 spiro atoms. The van der Waals surface area contributed by atoms with Gasteiger partial charge in [-0.2, -0.15) is 0 Å². The van der Waals surface area contributed by atoms with Crippen molar-refractivity contribution in [1.29, 1.82) is 0 Å². The first kappa shape index (κ1) is 15.0. The molecule has 0 saturated carbocycles. The molecular weight excluding hydrogens is 272 g/mol. The fraction of sp³-hybridized carbons (Fsp3) is 0.400. The molecule has 1 N–H and O–H groups in total. The van der Waals surface area contributed by atoms with Gasteiger partial charge in [-0.3, -0.25) is 9.59 Å². The lowest BCUT2D eigenvalue weighted by Crippen LogP contribution is -2.63. The van der Waals surface area contributed by atoms with Crippen LogP contribution in [0.4, 0.5) is 0 Å². The first-order valence-electron chi connectivity index (χ1n) is 6.66. The van der Waals surface area contributed by atoms with Gasteiger partial charge in [-0.15, -0.1) is 0 Å². The molecule has 0 aromatic heterocycles. The number of esters is 1. The molecule has 0 aliphatic carbocycles. The van der Waals surface area contributed by atoms with Gasteiger partial charge in [-0.1, -0.05) is 0 Å². The fourth-order valence-electron chi connectivity index (χ4n) is 2.28. The van der Waals surface area contributed by atoms with E-state index in [9.17, 15) is 14.4 Å². The number of nitrogens with zero attached hydrogens (tertiary/aromatic N) is 1. The Hall–Kier alpha value is -2.37. The van der Waals surface area contributed by atoms with Crippen LogP contribution in [0.15, 0.2) is 24.3 Å². The van der Waals surface area contributed by atoms with Crippen molar-refractivity contribution in [3.05, 3.63) is 35.4 Å². The maximum absolute atomic E-state index is 12.5. The molecule has 1 heterocycles. The number of piperazine rings is 1. The minimum atomic E-state index is -0.893. The molecule has 0 bridgehead atoms. The summed E-state index contributed by atoms with van der Waals surface area (Å²) in [6.45, 7) is 4.31. The molecule has 1 aromatic carbocycles. The van der Waals surface area contributed by atoms with Crippen LogP contribution in [0.5, 0.6) is 0 Å². The zero-order valence-electron chi connectivity index (χ0n) is 12.3. The Morgan fingerprint density at radius 3 is 2.33 bits per heavy atom. The minimum absolute atomic E-state index is 0.173. The highest BCUT2D eigenvalue weighted by Crippen LogP contribution is 2.21. The van der Waals surface area contributed by atoms with Gasteiger partial charge >= 0.3 is 5.97 Å². The van der Waals surface area contributed by atoms with Gasteiger partial charge in [0.15, 0.2) is 0 Å². The van der Waals surface area contributed by atoms with Gasteiger partial charge in [0.05, 0.1) is 12.7 Å². The van der Waals surface area contributed by atoms with Crippen LogP contribution in [0, 0.1) is 0 Å². The summed E-state index contributed by atoms with van der Waals surface area (Å²) in [7, 11) is 1.30. The first-order chi connectivity index (χ1) is 9.87. The minimum Gasteiger partial charge on any atom is -0.465 e.